The Bertz CT molecular complexity index is 4700. The lowest BCUT2D eigenvalue weighted by atomic mass is 9.78. The molecule has 9 aromatic carbocycles. The Hall–Kier alpha value is -8.45. The molecule has 0 saturated carbocycles. The summed E-state index contributed by atoms with van der Waals surface area (Å²) in [7, 11) is 0. The van der Waals surface area contributed by atoms with Crippen molar-refractivity contribution >= 4 is 76.1 Å². The van der Waals surface area contributed by atoms with Crippen molar-refractivity contribution < 1.29 is 4.74 Å². The van der Waals surface area contributed by atoms with Gasteiger partial charge in [-0.25, -0.2) is 4.98 Å². The van der Waals surface area contributed by atoms with Crippen molar-refractivity contribution in [3.05, 3.63) is 226 Å². The first-order valence-electron chi connectivity index (χ1n) is 34.8. The fourth-order valence-electron chi connectivity index (χ4n) is 14.9. The van der Waals surface area contributed by atoms with Gasteiger partial charge in [0.05, 0.1) is 28.1 Å². The van der Waals surface area contributed by atoms with Crippen LogP contribution in [0.5, 0.6) is 11.5 Å². The van der Waals surface area contributed by atoms with Gasteiger partial charge in [0.1, 0.15) is 24.0 Å². The molecule has 3 aromatic heterocycles. The third-order valence-electron chi connectivity index (χ3n) is 20.0. The number of para-hydroxylation sites is 3. The zero-order chi connectivity index (χ0) is 66.5. The van der Waals surface area contributed by atoms with Crippen molar-refractivity contribution in [1.82, 2.24) is 9.55 Å². The molecule has 1 aliphatic heterocycles. The maximum Gasteiger partial charge on any atom is 0.137 e. The second-order valence-corrected chi connectivity index (χ2v) is 31.4. The first-order chi connectivity index (χ1) is 44.9. The van der Waals surface area contributed by atoms with Crippen LogP contribution in [0.4, 0.5) is 22.7 Å². The van der Waals surface area contributed by atoms with E-state index in [4.69, 9.17) is 9.72 Å². The zero-order valence-electron chi connectivity index (χ0n) is 59.2. The van der Waals surface area contributed by atoms with Crippen LogP contribution in [0.25, 0.3) is 81.2 Å². The number of hydrogen-bond acceptors (Lipinski definition) is 5. The zero-order valence-corrected chi connectivity index (χ0v) is 60.0. The Balaban J connectivity index is 1.05. The lowest BCUT2D eigenvalue weighted by Gasteiger charge is -2.32. The van der Waals surface area contributed by atoms with E-state index in [1.807, 2.05) is 17.5 Å². The number of anilines is 4. The number of nitrogens with zero attached hydrogens (tertiary/aromatic N) is 4. The molecule has 6 heteroatoms. The van der Waals surface area contributed by atoms with Crippen LogP contribution in [0.3, 0.4) is 0 Å². The van der Waals surface area contributed by atoms with Gasteiger partial charge in [-0.15, -0.1) is 11.3 Å². The fraction of sp³-hybridized carbons (Fsp3) is 0.330. The van der Waals surface area contributed by atoms with Gasteiger partial charge in [0.15, 0.2) is 0 Å². The number of thiophene rings is 1. The van der Waals surface area contributed by atoms with E-state index in [1.54, 1.807) is 0 Å². The van der Waals surface area contributed by atoms with E-state index in [0.717, 1.165) is 45.3 Å². The third-order valence-corrected chi connectivity index (χ3v) is 21.2. The quantitative estimate of drug-likeness (QED) is 0.0965. The molecule has 0 saturated heterocycles. The second kappa shape index (κ2) is 25.0. The van der Waals surface area contributed by atoms with Crippen molar-refractivity contribution in [1.29, 1.82) is 0 Å². The number of pyridine rings is 1. The molecule has 0 amide bonds. The highest BCUT2D eigenvalue weighted by Crippen LogP contribution is 2.56. The van der Waals surface area contributed by atoms with Crippen molar-refractivity contribution in [3.8, 4) is 50.7 Å². The minimum Gasteiger partial charge on any atom is -0.457 e. The highest BCUT2D eigenvalue weighted by Gasteiger charge is 2.35. The smallest absolute Gasteiger partial charge is 0.137 e. The van der Waals surface area contributed by atoms with Gasteiger partial charge in [0.2, 0.25) is 0 Å². The molecule has 0 radical (unpaired) electrons. The van der Waals surface area contributed by atoms with Gasteiger partial charge in [0, 0.05) is 66.1 Å². The number of ether oxygens (including phenoxy) is 1. The fourth-order valence-corrected chi connectivity index (χ4v) is 16.2. The molecule has 0 atom stereocenters. The van der Waals surface area contributed by atoms with E-state index in [-0.39, 0.29) is 40.9 Å². The summed E-state index contributed by atoms with van der Waals surface area (Å²) in [6, 6.07) is 65.1. The third kappa shape index (κ3) is 11.4. The van der Waals surface area contributed by atoms with E-state index in [2.05, 4.69) is 316 Å². The van der Waals surface area contributed by atoms with E-state index in [1.165, 1.54) is 120 Å². The summed E-state index contributed by atoms with van der Waals surface area (Å²) in [5, 5.41) is 4.98. The number of fused-ring (bicyclic) bond motifs is 8. The molecule has 12 aromatic rings. The monoisotopic (exact) mass is 1260 g/mol. The summed E-state index contributed by atoms with van der Waals surface area (Å²) in [5.41, 5.74) is 26.8. The molecule has 13 rings (SSSR count). The van der Waals surface area contributed by atoms with Crippen LogP contribution in [-0.2, 0) is 5.41 Å². The Morgan fingerprint density at radius 2 is 0.957 bits per heavy atom. The summed E-state index contributed by atoms with van der Waals surface area (Å²) in [5.74, 6) is 4.94. The average molecular weight is 1260 g/mol. The second-order valence-electron chi connectivity index (χ2n) is 30.3. The van der Waals surface area contributed by atoms with Gasteiger partial charge >= 0.3 is 0 Å². The molecule has 4 heterocycles. The SMILES string of the molecule is CC(C)c1cc(C(C)C)c(-c2cccc(-c3c(C(C)C)cc(C(C)C)cc3C(C)C)c2N2CN(c3cc(Oc4ccc5c6c7sc8ccccc8c7ccc6n(-c6cc(C(C)(C)C)ccn6)c5c4)cc(-c4c(C(C)C)cccc4C(C)C)c3)c3ccccc32)c(C(C)C)c1. The van der Waals surface area contributed by atoms with E-state index < -0.39 is 0 Å². The predicted octanol–water partition coefficient (Wildman–Crippen LogP) is 26.9. The molecule has 480 valence electrons. The lowest BCUT2D eigenvalue weighted by Crippen LogP contribution is -2.25. The number of rotatable bonds is 16. The van der Waals surface area contributed by atoms with Gasteiger partial charge in [-0.2, -0.15) is 0 Å². The molecular formula is C88H96N4OS. The summed E-state index contributed by atoms with van der Waals surface area (Å²) >= 11 is 1.88. The van der Waals surface area contributed by atoms with Gasteiger partial charge in [-0.1, -0.05) is 229 Å². The molecule has 94 heavy (non-hydrogen) atoms. The maximum absolute atomic E-state index is 7.53. The van der Waals surface area contributed by atoms with Gasteiger partial charge in [-0.3, -0.25) is 4.57 Å². The van der Waals surface area contributed by atoms with Gasteiger partial charge < -0.3 is 14.5 Å². The van der Waals surface area contributed by atoms with Crippen molar-refractivity contribution in [2.45, 2.75) is 184 Å². The predicted molar refractivity (Wildman–Crippen MR) is 408 cm³/mol. The van der Waals surface area contributed by atoms with Crippen LogP contribution in [-0.4, -0.2) is 16.2 Å². The first-order valence-corrected chi connectivity index (χ1v) is 35.6. The topological polar surface area (TPSA) is 33.5 Å². The number of hydrogen-bond donors (Lipinski definition) is 0. The van der Waals surface area contributed by atoms with Crippen LogP contribution >= 0.6 is 11.3 Å². The molecule has 0 fully saturated rings. The maximum atomic E-state index is 7.53. The van der Waals surface area contributed by atoms with Crippen LogP contribution in [0.2, 0.25) is 0 Å². The summed E-state index contributed by atoms with van der Waals surface area (Å²) in [4.78, 5) is 10.4. The van der Waals surface area contributed by atoms with E-state index in [0.29, 0.717) is 18.5 Å². The Morgan fingerprint density at radius 1 is 0.426 bits per heavy atom. The molecule has 0 spiro atoms. The van der Waals surface area contributed by atoms with Crippen molar-refractivity contribution in [2.24, 2.45) is 0 Å². The molecule has 0 aliphatic carbocycles. The molecule has 0 N–H and O–H groups in total. The normalized spacial score (nSPS) is 13.1. The van der Waals surface area contributed by atoms with Gasteiger partial charge in [-0.05, 0) is 186 Å². The highest BCUT2D eigenvalue weighted by atomic mass is 32.1. The Labute approximate surface area is 564 Å². The minimum atomic E-state index is -0.0726. The van der Waals surface area contributed by atoms with Crippen LogP contribution in [0.15, 0.2) is 176 Å². The molecular weight excluding hydrogens is 1160 g/mol. The summed E-state index contributed by atoms with van der Waals surface area (Å²) in [6.07, 6.45) is 1.97. The van der Waals surface area contributed by atoms with E-state index >= 15 is 0 Å². The van der Waals surface area contributed by atoms with Crippen LogP contribution in [0.1, 0.15) is 229 Å². The number of benzene rings is 9. The number of aromatic nitrogens is 2. The molecule has 0 bridgehead atoms. The van der Waals surface area contributed by atoms with Crippen LogP contribution < -0.4 is 14.5 Å². The van der Waals surface area contributed by atoms with Crippen molar-refractivity contribution in [2.75, 3.05) is 16.5 Å². The Kier molecular flexibility index (Phi) is 17.1. The average Bonchev–Trinajstić information content (AvgIpc) is 1.49. The molecule has 5 nitrogen and oxygen atoms in total. The van der Waals surface area contributed by atoms with Crippen LogP contribution in [0, 0.1) is 0 Å². The minimum absolute atomic E-state index is 0.0726. The summed E-state index contributed by atoms with van der Waals surface area (Å²) < 4.78 is 12.5. The Morgan fingerprint density at radius 3 is 1.51 bits per heavy atom. The molecule has 1 aliphatic rings. The van der Waals surface area contributed by atoms with E-state index in [9.17, 15) is 0 Å². The largest absolute Gasteiger partial charge is 0.457 e. The standard InChI is InChI=1S/C88H96N4OS/c1-50(2)58-42-72(54(9)10)83(73(43-58)55(11)12)70-29-25-30-71(84-74(56(13)14)44-59(51(3)4)45-75(84)57(15)16)86(70)91-49-90(76-31-21-22-32-77(76)91)62-40-60(82-65(52(5)6)27-24-28-66(82)53(7)8)41-64(47-62)93-63-34-35-69-79(48-63)92(81-46-61(38-39-89-81)88(17,18)19)78-37-36-68-67-26-20-23-33-80(67)94-87(68)85(69)78/h20-48,50-57H,49H2,1-19H3. The first kappa shape index (κ1) is 64.3. The molecule has 0 unspecified atom stereocenters. The van der Waals surface area contributed by atoms with Gasteiger partial charge in [0.25, 0.3) is 0 Å². The van der Waals surface area contributed by atoms with Crippen molar-refractivity contribution in [3.63, 3.8) is 0 Å². The highest BCUT2D eigenvalue weighted by molar-refractivity contribution is 7.26. The summed E-state index contributed by atoms with van der Waals surface area (Å²) in [6.45, 7) is 45.2. The lowest BCUT2D eigenvalue weighted by molar-refractivity contribution is 0.483.